The fourth-order valence-electron chi connectivity index (χ4n) is 2.04. The SMILES string of the molecule is CNc1nc(CSc2ccccc2)nc2c1CSC2. The molecule has 0 unspecified atom stereocenters. The van der Waals surface area contributed by atoms with Gasteiger partial charge < -0.3 is 5.32 Å². The number of rotatable bonds is 4. The molecule has 2 aromatic rings. The average molecular weight is 289 g/mol. The monoisotopic (exact) mass is 289 g/mol. The van der Waals surface area contributed by atoms with Crippen LogP contribution in [-0.4, -0.2) is 17.0 Å². The first kappa shape index (κ1) is 12.8. The van der Waals surface area contributed by atoms with Gasteiger partial charge in [-0.05, 0) is 12.1 Å². The molecule has 1 aliphatic heterocycles. The summed E-state index contributed by atoms with van der Waals surface area (Å²) in [6.45, 7) is 0. The number of nitrogens with one attached hydrogen (secondary N) is 1. The highest BCUT2D eigenvalue weighted by Crippen LogP contribution is 2.33. The molecule has 0 radical (unpaired) electrons. The van der Waals surface area contributed by atoms with E-state index < -0.39 is 0 Å². The highest BCUT2D eigenvalue weighted by molar-refractivity contribution is 7.98. The molecule has 1 aromatic carbocycles. The quantitative estimate of drug-likeness (QED) is 0.871. The number of fused-ring (bicyclic) bond motifs is 1. The van der Waals surface area contributed by atoms with Crippen LogP contribution < -0.4 is 5.32 Å². The minimum Gasteiger partial charge on any atom is -0.373 e. The summed E-state index contributed by atoms with van der Waals surface area (Å²) in [6.07, 6.45) is 0. The standard InChI is InChI=1S/C14H15N3S2/c1-15-14-11-7-18-8-12(11)16-13(17-14)9-19-10-5-3-2-4-6-10/h2-6H,7-9H2,1H3,(H,15,16,17). The number of thioether (sulfide) groups is 2. The minimum atomic E-state index is 0.816. The first-order valence-electron chi connectivity index (χ1n) is 6.19. The molecule has 0 aliphatic carbocycles. The Morgan fingerprint density at radius 3 is 2.84 bits per heavy atom. The van der Waals surface area contributed by atoms with E-state index in [-0.39, 0.29) is 0 Å². The van der Waals surface area contributed by atoms with Crippen LogP contribution in [0.15, 0.2) is 35.2 Å². The molecule has 5 heteroatoms. The van der Waals surface area contributed by atoms with E-state index in [9.17, 15) is 0 Å². The molecule has 0 bridgehead atoms. The van der Waals surface area contributed by atoms with Crippen molar-refractivity contribution >= 4 is 29.3 Å². The third-order valence-corrected chi connectivity index (χ3v) is 4.95. The van der Waals surface area contributed by atoms with Gasteiger partial charge in [-0.25, -0.2) is 9.97 Å². The van der Waals surface area contributed by atoms with E-state index in [1.54, 1.807) is 11.8 Å². The van der Waals surface area contributed by atoms with Gasteiger partial charge in [-0.2, -0.15) is 11.8 Å². The predicted molar refractivity (Wildman–Crippen MR) is 82.6 cm³/mol. The summed E-state index contributed by atoms with van der Waals surface area (Å²) in [5, 5.41) is 3.19. The number of anilines is 1. The molecular weight excluding hydrogens is 274 g/mol. The fraction of sp³-hybridized carbons (Fsp3) is 0.286. The average Bonchev–Trinajstić information content (AvgIpc) is 2.93. The van der Waals surface area contributed by atoms with Crippen LogP contribution in [0.3, 0.4) is 0 Å². The van der Waals surface area contributed by atoms with Crippen molar-refractivity contribution in [3.63, 3.8) is 0 Å². The lowest BCUT2D eigenvalue weighted by Crippen LogP contribution is -2.05. The van der Waals surface area contributed by atoms with E-state index in [4.69, 9.17) is 0 Å². The Balaban J connectivity index is 1.78. The van der Waals surface area contributed by atoms with Crippen molar-refractivity contribution in [3.05, 3.63) is 47.4 Å². The van der Waals surface area contributed by atoms with Crippen molar-refractivity contribution in [1.29, 1.82) is 0 Å². The van der Waals surface area contributed by atoms with E-state index >= 15 is 0 Å². The van der Waals surface area contributed by atoms with Gasteiger partial charge in [0.15, 0.2) is 0 Å². The molecule has 1 aromatic heterocycles. The zero-order chi connectivity index (χ0) is 13.1. The molecule has 0 fully saturated rings. The van der Waals surface area contributed by atoms with Crippen molar-refractivity contribution in [2.75, 3.05) is 12.4 Å². The molecule has 19 heavy (non-hydrogen) atoms. The Bertz CT molecular complexity index is 572. The molecule has 2 heterocycles. The van der Waals surface area contributed by atoms with Crippen LogP contribution in [0, 0.1) is 0 Å². The Kier molecular flexibility index (Phi) is 3.94. The topological polar surface area (TPSA) is 37.8 Å². The van der Waals surface area contributed by atoms with Crippen molar-refractivity contribution < 1.29 is 0 Å². The predicted octanol–water partition coefficient (Wildman–Crippen LogP) is 3.56. The highest BCUT2D eigenvalue weighted by atomic mass is 32.2. The normalized spacial score (nSPS) is 13.3. The largest absolute Gasteiger partial charge is 0.373 e. The molecule has 1 aliphatic rings. The molecule has 1 N–H and O–H groups in total. The Morgan fingerprint density at radius 1 is 1.21 bits per heavy atom. The van der Waals surface area contributed by atoms with Crippen LogP contribution in [0.4, 0.5) is 5.82 Å². The van der Waals surface area contributed by atoms with Crippen LogP contribution in [0.5, 0.6) is 0 Å². The molecule has 3 rings (SSSR count). The summed E-state index contributed by atoms with van der Waals surface area (Å²) in [7, 11) is 1.93. The van der Waals surface area contributed by atoms with Crippen LogP contribution in [-0.2, 0) is 17.3 Å². The first-order chi connectivity index (χ1) is 9.36. The lowest BCUT2D eigenvalue weighted by atomic mass is 10.2. The van der Waals surface area contributed by atoms with Crippen LogP contribution >= 0.6 is 23.5 Å². The van der Waals surface area contributed by atoms with E-state index in [2.05, 4.69) is 39.6 Å². The summed E-state index contributed by atoms with van der Waals surface area (Å²) >= 11 is 3.68. The summed E-state index contributed by atoms with van der Waals surface area (Å²) in [4.78, 5) is 10.6. The molecule has 0 spiro atoms. The maximum Gasteiger partial charge on any atom is 0.141 e. The van der Waals surface area contributed by atoms with Gasteiger partial charge in [0.2, 0.25) is 0 Å². The number of hydrogen-bond donors (Lipinski definition) is 1. The molecular formula is C14H15N3S2. The Hall–Kier alpha value is -1.20. The lowest BCUT2D eigenvalue weighted by Gasteiger charge is -2.08. The summed E-state index contributed by atoms with van der Waals surface area (Å²) < 4.78 is 0. The van der Waals surface area contributed by atoms with Crippen LogP contribution in [0.25, 0.3) is 0 Å². The zero-order valence-electron chi connectivity index (χ0n) is 10.7. The maximum absolute atomic E-state index is 4.68. The number of hydrogen-bond acceptors (Lipinski definition) is 5. The molecule has 98 valence electrons. The van der Waals surface area contributed by atoms with Gasteiger partial charge in [-0.1, -0.05) is 18.2 Å². The van der Waals surface area contributed by atoms with Crippen molar-refractivity contribution in [1.82, 2.24) is 9.97 Å². The smallest absolute Gasteiger partial charge is 0.141 e. The fourth-order valence-corrected chi connectivity index (χ4v) is 3.85. The van der Waals surface area contributed by atoms with E-state index in [0.29, 0.717) is 0 Å². The second kappa shape index (κ2) is 5.84. The van der Waals surface area contributed by atoms with E-state index in [1.807, 2.05) is 24.9 Å². The van der Waals surface area contributed by atoms with E-state index in [1.165, 1.54) is 16.2 Å². The summed E-state index contributed by atoms with van der Waals surface area (Å²) in [5.74, 6) is 4.77. The molecule has 3 nitrogen and oxygen atoms in total. The Labute approximate surface area is 121 Å². The molecule has 0 saturated heterocycles. The molecule has 0 amide bonds. The molecule has 0 saturated carbocycles. The molecule has 0 atom stereocenters. The van der Waals surface area contributed by atoms with Gasteiger partial charge in [0.05, 0.1) is 11.4 Å². The van der Waals surface area contributed by atoms with Crippen LogP contribution in [0.2, 0.25) is 0 Å². The minimum absolute atomic E-state index is 0.816. The van der Waals surface area contributed by atoms with E-state index in [0.717, 1.165) is 28.9 Å². The van der Waals surface area contributed by atoms with Gasteiger partial charge in [-0.15, -0.1) is 11.8 Å². The first-order valence-corrected chi connectivity index (χ1v) is 8.33. The Morgan fingerprint density at radius 2 is 2.05 bits per heavy atom. The summed E-state index contributed by atoms with van der Waals surface area (Å²) in [6, 6.07) is 10.4. The van der Waals surface area contributed by atoms with Gasteiger partial charge in [0, 0.05) is 29.0 Å². The zero-order valence-corrected chi connectivity index (χ0v) is 12.4. The van der Waals surface area contributed by atoms with Gasteiger partial charge in [0.1, 0.15) is 11.6 Å². The van der Waals surface area contributed by atoms with Crippen molar-refractivity contribution in [3.8, 4) is 0 Å². The number of benzene rings is 1. The third kappa shape index (κ3) is 2.87. The third-order valence-electron chi connectivity index (χ3n) is 2.97. The second-order valence-electron chi connectivity index (χ2n) is 4.26. The van der Waals surface area contributed by atoms with Crippen molar-refractivity contribution in [2.24, 2.45) is 0 Å². The van der Waals surface area contributed by atoms with Crippen molar-refractivity contribution in [2.45, 2.75) is 22.2 Å². The second-order valence-corrected chi connectivity index (χ2v) is 6.29. The maximum atomic E-state index is 4.68. The lowest BCUT2D eigenvalue weighted by molar-refractivity contribution is 0.975. The highest BCUT2D eigenvalue weighted by Gasteiger charge is 2.18. The van der Waals surface area contributed by atoms with Crippen LogP contribution in [0.1, 0.15) is 17.1 Å². The van der Waals surface area contributed by atoms with Gasteiger partial charge in [0.25, 0.3) is 0 Å². The number of aromatic nitrogens is 2. The summed E-state index contributed by atoms with van der Waals surface area (Å²) in [5.41, 5.74) is 2.48. The van der Waals surface area contributed by atoms with Gasteiger partial charge in [-0.3, -0.25) is 0 Å². The number of nitrogens with zero attached hydrogens (tertiary/aromatic N) is 2. The van der Waals surface area contributed by atoms with Gasteiger partial charge >= 0.3 is 0 Å².